The van der Waals surface area contributed by atoms with Gasteiger partial charge in [-0.1, -0.05) is 5.16 Å². The molecule has 2 N–H and O–H groups in total. The highest BCUT2D eigenvalue weighted by Gasteiger charge is 2.25. The van der Waals surface area contributed by atoms with E-state index < -0.39 is 18.0 Å². The van der Waals surface area contributed by atoms with Crippen LogP contribution in [0, 0.1) is 0 Å². The molecule has 7 nitrogen and oxygen atoms in total. The molecule has 1 aromatic heterocycles. The molecule has 0 radical (unpaired) electrons. The van der Waals surface area contributed by atoms with Gasteiger partial charge in [0.1, 0.15) is 5.76 Å². The SMILES string of the molecule is COC(CNC(=O)c1noc2c1CCCC2)C(=O)O. The maximum absolute atomic E-state index is 11.9. The van der Waals surface area contributed by atoms with E-state index >= 15 is 0 Å². The molecule has 0 saturated heterocycles. The molecule has 1 aromatic rings. The van der Waals surface area contributed by atoms with E-state index in [-0.39, 0.29) is 12.2 Å². The topological polar surface area (TPSA) is 102 Å². The van der Waals surface area contributed by atoms with E-state index in [0.717, 1.165) is 37.0 Å². The standard InChI is InChI=1S/C12H16N2O5/c1-18-9(12(16)17)6-13-11(15)10-7-4-2-3-5-8(7)19-14-10/h9H,2-6H2,1H3,(H,13,15)(H,16,17). The van der Waals surface area contributed by atoms with Gasteiger partial charge in [-0.05, 0) is 19.3 Å². The molecule has 0 spiro atoms. The molecule has 1 aliphatic rings. The first kappa shape index (κ1) is 13.5. The van der Waals surface area contributed by atoms with Crippen LogP contribution in [0.1, 0.15) is 34.7 Å². The van der Waals surface area contributed by atoms with Crippen LogP contribution in [0.25, 0.3) is 0 Å². The number of nitrogens with one attached hydrogen (secondary N) is 1. The summed E-state index contributed by atoms with van der Waals surface area (Å²) < 4.78 is 9.86. The smallest absolute Gasteiger partial charge is 0.334 e. The first-order valence-corrected chi connectivity index (χ1v) is 6.14. The highest BCUT2D eigenvalue weighted by molar-refractivity contribution is 5.94. The van der Waals surface area contributed by atoms with Gasteiger partial charge in [0.2, 0.25) is 0 Å². The fraction of sp³-hybridized carbons (Fsp3) is 0.583. The van der Waals surface area contributed by atoms with Gasteiger partial charge in [0.05, 0.1) is 6.54 Å². The van der Waals surface area contributed by atoms with Crippen molar-refractivity contribution in [2.45, 2.75) is 31.8 Å². The van der Waals surface area contributed by atoms with Gasteiger partial charge in [-0.25, -0.2) is 4.79 Å². The van der Waals surface area contributed by atoms with E-state index in [1.54, 1.807) is 0 Å². The molecule has 104 valence electrons. The number of carbonyl (C=O) groups excluding carboxylic acids is 1. The van der Waals surface area contributed by atoms with Crippen molar-refractivity contribution in [1.29, 1.82) is 0 Å². The second kappa shape index (κ2) is 5.83. The van der Waals surface area contributed by atoms with Gasteiger partial charge in [0.25, 0.3) is 5.91 Å². The first-order valence-electron chi connectivity index (χ1n) is 6.14. The number of carbonyl (C=O) groups is 2. The van der Waals surface area contributed by atoms with Crippen molar-refractivity contribution in [2.75, 3.05) is 13.7 Å². The molecule has 1 unspecified atom stereocenters. The third-order valence-corrected chi connectivity index (χ3v) is 3.17. The maximum atomic E-state index is 11.9. The predicted molar refractivity (Wildman–Crippen MR) is 63.9 cm³/mol. The van der Waals surface area contributed by atoms with E-state index in [2.05, 4.69) is 10.5 Å². The van der Waals surface area contributed by atoms with Crippen LogP contribution < -0.4 is 5.32 Å². The third-order valence-electron chi connectivity index (χ3n) is 3.17. The van der Waals surface area contributed by atoms with Crippen LogP contribution in [0.5, 0.6) is 0 Å². The van der Waals surface area contributed by atoms with Crippen LogP contribution in [-0.2, 0) is 22.4 Å². The minimum Gasteiger partial charge on any atom is -0.479 e. The molecular weight excluding hydrogens is 252 g/mol. The lowest BCUT2D eigenvalue weighted by molar-refractivity contribution is -0.148. The zero-order chi connectivity index (χ0) is 13.8. The van der Waals surface area contributed by atoms with Crippen molar-refractivity contribution in [3.8, 4) is 0 Å². The van der Waals surface area contributed by atoms with Crippen LogP contribution in [0.4, 0.5) is 0 Å². The Bertz CT molecular complexity index is 482. The zero-order valence-electron chi connectivity index (χ0n) is 10.6. The number of methoxy groups -OCH3 is 1. The lowest BCUT2D eigenvalue weighted by Gasteiger charge is -2.12. The molecule has 19 heavy (non-hydrogen) atoms. The van der Waals surface area contributed by atoms with Crippen LogP contribution in [0.3, 0.4) is 0 Å². The Morgan fingerprint density at radius 2 is 2.21 bits per heavy atom. The van der Waals surface area contributed by atoms with Gasteiger partial charge in [0.15, 0.2) is 11.8 Å². The summed E-state index contributed by atoms with van der Waals surface area (Å²) in [5, 5.41) is 15.1. The van der Waals surface area contributed by atoms with Crippen LogP contribution in [-0.4, -0.2) is 41.9 Å². The molecular formula is C12H16N2O5. The molecule has 2 rings (SSSR count). The van der Waals surface area contributed by atoms with E-state index in [4.69, 9.17) is 14.4 Å². The molecule has 0 bridgehead atoms. The van der Waals surface area contributed by atoms with Gasteiger partial charge in [-0.15, -0.1) is 0 Å². The Labute approximate surface area is 109 Å². The number of hydrogen-bond donors (Lipinski definition) is 2. The lowest BCUT2D eigenvalue weighted by Crippen LogP contribution is -2.38. The summed E-state index contributed by atoms with van der Waals surface area (Å²) in [7, 11) is 1.28. The monoisotopic (exact) mass is 268 g/mol. The Morgan fingerprint density at radius 3 is 2.89 bits per heavy atom. The van der Waals surface area contributed by atoms with E-state index in [1.165, 1.54) is 7.11 Å². The van der Waals surface area contributed by atoms with Crippen LogP contribution >= 0.6 is 0 Å². The van der Waals surface area contributed by atoms with E-state index in [9.17, 15) is 9.59 Å². The summed E-state index contributed by atoms with van der Waals surface area (Å²) in [4.78, 5) is 22.7. The highest BCUT2D eigenvalue weighted by Crippen LogP contribution is 2.23. The van der Waals surface area contributed by atoms with Crippen molar-refractivity contribution in [3.05, 3.63) is 17.0 Å². The second-order valence-corrected chi connectivity index (χ2v) is 4.41. The molecule has 1 amide bonds. The van der Waals surface area contributed by atoms with Crippen molar-refractivity contribution >= 4 is 11.9 Å². The Hall–Kier alpha value is -1.89. The molecule has 1 aliphatic carbocycles. The average Bonchev–Trinajstić information content (AvgIpc) is 2.82. The number of aryl methyl sites for hydroxylation is 1. The fourth-order valence-corrected chi connectivity index (χ4v) is 2.10. The van der Waals surface area contributed by atoms with Gasteiger partial charge in [-0.2, -0.15) is 0 Å². The summed E-state index contributed by atoms with van der Waals surface area (Å²) in [6, 6.07) is 0. The van der Waals surface area contributed by atoms with E-state index in [1.807, 2.05) is 0 Å². The van der Waals surface area contributed by atoms with Gasteiger partial charge in [-0.3, -0.25) is 4.79 Å². The first-order chi connectivity index (χ1) is 9.13. The third kappa shape index (κ3) is 2.93. The van der Waals surface area contributed by atoms with Gasteiger partial charge >= 0.3 is 5.97 Å². The number of nitrogens with zero attached hydrogens (tertiary/aromatic N) is 1. The zero-order valence-corrected chi connectivity index (χ0v) is 10.6. The summed E-state index contributed by atoms with van der Waals surface area (Å²) in [6.07, 6.45) is 2.55. The molecule has 0 saturated carbocycles. The minimum atomic E-state index is -1.12. The van der Waals surface area contributed by atoms with Gasteiger partial charge in [0, 0.05) is 19.1 Å². The lowest BCUT2D eigenvalue weighted by atomic mass is 9.96. The van der Waals surface area contributed by atoms with Crippen molar-refractivity contribution < 1.29 is 24.0 Å². The molecule has 1 heterocycles. The molecule has 1 atom stereocenters. The van der Waals surface area contributed by atoms with Crippen LogP contribution in [0.15, 0.2) is 4.52 Å². The number of hydrogen-bond acceptors (Lipinski definition) is 5. The van der Waals surface area contributed by atoms with Gasteiger partial charge < -0.3 is 19.7 Å². The second-order valence-electron chi connectivity index (χ2n) is 4.41. The Balaban J connectivity index is 2.00. The number of rotatable bonds is 5. The average molecular weight is 268 g/mol. The molecule has 0 aliphatic heterocycles. The molecule has 7 heteroatoms. The van der Waals surface area contributed by atoms with Crippen LogP contribution in [0.2, 0.25) is 0 Å². The van der Waals surface area contributed by atoms with Crippen molar-refractivity contribution in [1.82, 2.24) is 10.5 Å². The number of aliphatic carboxylic acids is 1. The predicted octanol–water partition coefficient (Wildman–Crippen LogP) is 0.383. The number of amides is 1. The number of aromatic nitrogens is 1. The molecule has 0 aromatic carbocycles. The number of carboxylic acids is 1. The summed E-state index contributed by atoms with van der Waals surface area (Å²) in [6.45, 7) is -0.105. The van der Waals surface area contributed by atoms with E-state index in [0.29, 0.717) is 0 Å². The maximum Gasteiger partial charge on any atom is 0.334 e. The van der Waals surface area contributed by atoms with Crippen molar-refractivity contribution in [2.24, 2.45) is 0 Å². The number of fused-ring (bicyclic) bond motifs is 1. The Kier molecular flexibility index (Phi) is 4.16. The fourth-order valence-electron chi connectivity index (χ4n) is 2.10. The molecule has 0 fully saturated rings. The minimum absolute atomic E-state index is 0.105. The summed E-state index contributed by atoms with van der Waals surface area (Å²) in [5.74, 6) is -0.780. The normalized spacial score (nSPS) is 15.6. The number of ether oxygens (including phenoxy) is 1. The largest absolute Gasteiger partial charge is 0.479 e. The highest BCUT2D eigenvalue weighted by atomic mass is 16.5. The summed E-state index contributed by atoms with van der Waals surface area (Å²) >= 11 is 0. The van der Waals surface area contributed by atoms with Crippen molar-refractivity contribution in [3.63, 3.8) is 0 Å². The summed E-state index contributed by atoms with van der Waals surface area (Å²) in [5.41, 5.74) is 1.10. The Morgan fingerprint density at radius 1 is 1.47 bits per heavy atom. The number of carboxylic acid groups (broad SMARTS) is 1. The quantitative estimate of drug-likeness (QED) is 0.800.